The summed E-state index contributed by atoms with van der Waals surface area (Å²) in [5, 5.41) is 3.57. The molecular weight excluding hydrogens is 234 g/mol. The molecule has 0 bridgehead atoms. The lowest BCUT2D eigenvalue weighted by Gasteiger charge is -2.20. The van der Waals surface area contributed by atoms with Crippen LogP contribution < -0.4 is 5.32 Å². The normalized spacial score (nSPS) is 12.9. The van der Waals surface area contributed by atoms with Crippen molar-refractivity contribution in [3.63, 3.8) is 0 Å². The molecule has 0 aliphatic heterocycles. The Kier molecular flexibility index (Phi) is 7.76. The molecule has 0 aliphatic rings. The number of aryl methyl sites for hydroxylation is 1. The summed E-state index contributed by atoms with van der Waals surface area (Å²) in [6.07, 6.45) is 3.79. The minimum atomic E-state index is 0.283. The molecule has 108 valence electrons. The van der Waals surface area contributed by atoms with E-state index in [0.29, 0.717) is 6.04 Å². The van der Waals surface area contributed by atoms with Gasteiger partial charge in [-0.05, 0) is 44.4 Å². The molecule has 1 N–H and O–H groups in total. The molecule has 2 nitrogen and oxygen atoms in total. The van der Waals surface area contributed by atoms with Crippen LogP contribution >= 0.6 is 0 Å². The van der Waals surface area contributed by atoms with E-state index in [-0.39, 0.29) is 6.10 Å². The first-order chi connectivity index (χ1) is 9.17. The molecule has 2 heteroatoms. The van der Waals surface area contributed by atoms with Crippen molar-refractivity contribution in [2.75, 3.05) is 13.2 Å². The third kappa shape index (κ3) is 6.22. The zero-order valence-corrected chi connectivity index (χ0v) is 12.9. The number of hydrogen-bond acceptors (Lipinski definition) is 2. The van der Waals surface area contributed by atoms with Gasteiger partial charge in [0.1, 0.15) is 0 Å². The van der Waals surface area contributed by atoms with Gasteiger partial charge in [-0.1, -0.05) is 44.5 Å². The Labute approximate surface area is 118 Å². The van der Waals surface area contributed by atoms with Crippen molar-refractivity contribution in [2.45, 2.75) is 59.1 Å². The van der Waals surface area contributed by atoms with Crippen LogP contribution in [-0.2, 0) is 11.2 Å². The van der Waals surface area contributed by atoms with E-state index in [1.165, 1.54) is 17.5 Å². The topological polar surface area (TPSA) is 21.3 Å². The summed E-state index contributed by atoms with van der Waals surface area (Å²) in [5.41, 5.74) is 2.75. The van der Waals surface area contributed by atoms with E-state index in [2.05, 4.69) is 57.3 Å². The lowest BCUT2D eigenvalue weighted by atomic mass is 10.0. The van der Waals surface area contributed by atoms with Gasteiger partial charge < -0.3 is 10.1 Å². The summed E-state index contributed by atoms with van der Waals surface area (Å²) < 4.78 is 5.77. The molecule has 0 aliphatic carbocycles. The van der Waals surface area contributed by atoms with Crippen molar-refractivity contribution in [2.24, 2.45) is 0 Å². The first-order valence-corrected chi connectivity index (χ1v) is 7.61. The van der Waals surface area contributed by atoms with Crippen LogP contribution in [0, 0.1) is 0 Å². The van der Waals surface area contributed by atoms with E-state index in [9.17, 15) is 0 Å². The number of nitrogens with one attached hydrogen (secondary N) is 1. The Balaban J connectivity index is 2.66. The first-order valence-electron chi connectivity index (χ1n) is 7.61. The zero-order chi connectivity index (χ0) is 14.1. The fourth-order valence-corrected chi connectivity index (χ4v) is 2.09. The third-order valence-corrected chi connectivity index (χ3v) is 3.16. The number of benzene rings is 1. The van der Waals surface area contributed by atoms with Gasteiger partial charge >= 0.3 is 0 Å². The predicted molar refractivity (Wildman–Crippen MR) is 82.6 cm³/mol. The van der Waals surface area contributed by atoms with Crippen molar-refractivity contribution >= 4 is 0 Å². The second-order valence-corrected chi connectivity index (χ2v) is 5.38. The summed E-state index contributed by atoms with van der Waals surface area (Å²) in [7, 11) is 0. The highest BCUT2D eigenvalue weighted by atomic mass is 16.5. The molecule has 0 saturated heterocycles. The van der Waals surface area contributed by atoms with Crippen LogP contribution in [0.1, 0.15) is 57.7 Å². The standard InChI is InChI=1S/C17H29NO/c1-5-7-15-8-10-16(11-9-15)17(18-12-6-2)13-19-14(3)4/h8-11,14,17-18H,5-7,12-13H2,1-4H3. The molecule has 0 saturated carbocycles. The molecule has 0 amide bonds. The van der Waals surface area contributed by atoms with E-state index >= 15 is 0 Å². The van der Waals surface area contributed by atoms with Gasteiger partial charge in [0.25, 0.3) is 0 Å². The second-order valence-electron chi connectivity index (χ2n) is 5.38. The quantitative estimate of drug-likeness (QED) is 0.724. The minimum Gasteiger partial charge on any atom is -0.377 e. The maximum atomic E-state index is 5.77. The molecule has 1 aromatic rings. The summed E-state index contributed by atoms with van der Waals surface area (Å²) in [6, 6.07) is 9.27. The Morgan fingerprint density at radius 1 is 1.05 bits per heavy atom. The van der Waals surface area contributed by atoms with Gasteiger partial charge in [-0.25, -0.2) is 0 Å². The minimum absolute atomic E-state index is 0.283. The summed E-state index contributed by atoms with van der Waals surface area (Å²) in [5.74, 6) is 0. The SMILES string of the molecule is CCCNC(COC(C)C)c1ccc(CCC)cc1. The highest BCUT2D eigenvalue weighted by molar-refractivity contribution is 5.25. The van der Waals surface area contributed by atoms with Crippen LogP contribution in [-0.4, -0.2) is 19.3 Å². The van der Waals surface area contributed by atoms with E-state index < -0.39 is 0 Å². The summed E-state index contributed by atoms with van der Waals surface area (Å²) >= 11 is 0. The van der Waals surface area contributed by atoms with Crippen LogP contribution in [0.3, 0.4) is 0 Å². The Bertz CT molecular complexity index is 332. The molecular formula is C17H29NO. The smallest absolute Gasteiger partial charge is 0.0664 e. The average Bonchev–Trinajstić information content (AvgIpc) is 2.40. The highest BCUT2D eigenvalue weighted by Crippen LogP contribution is 2.16. The van der Waals surface area contributed by atoms with Gasteiger partial charge in [0.2, 0.25) is 0 Å². The van der Waals surface area contributed by atoms with Gasteiger partial charge in [-0.2, -0.15) is 0 Å². The van der Waals surface area contributed by atoms with Crippen molar-refractivity contribution in [1.82, 2.24) is 5.32 Å². The maximum absolute atomic E-state index is 5.77. The van der Waals surface area contributed by atoms with Crippen LogP contribution in [0.5, 0.6) is 0 Å². The van der Waals surface area contributed by atoms with E-state index in [0.717, 1.165) is 26.0 Å². The molecule has 0 radical (unpaired) electrons. The van der Waals surface area contributed by atoms with E-state index in [4.69, 9.17) is 4.74 Å². The van der Waals surface area contributed by atoms with Crippen molar-refractivity contribution in [1.29, 1.82) is 0 Å². The van der Waals surface area contributed by atoms with E-state index in [1.807, 2.05) is 0 Å². The van der Waals surface area contributed by atoms with Crippen molar-refractivity contribution < 1.29 is 4.74 Å². The van der Waals surface area contributed by atoms with Gasteiger partial charge in [-0.15, -0.1) is 0 Å². The monoisotopic (exact) mass is 263 g/mol. The van der Waals surface area contributed by atoms with Gasteiger partial charge in [0.15, 0.2) is 0 Å². The van der Waals surface area contributed by atoms with Crippen LogP contribution in [0.25, 0.3) is 0 Å². The number of rotatable bonds is 9. The third-order valence-electron chi connectivity index (χ3n) is 3.16. The second kappa shape index (κ2) is 9.11. The Morgan fingerprint density at radius 3 is 2.26 bits per heavy atom. The first kappa shape index (κ1) is 16.2. The van der Waals surface area contributed by atoms with Crippen LogP contribution in [0.4, 0.5) is 0 Å². The van der Waals surface area contributed by atoms with Crippen molar-refractivity contribution in [3.8, 4) is 0 Å². The predicted octanol–water partition coefficient (Wildman–Crippen LogP) is 4.10. The Morgan fingerprint density at radius 2 is 1.74 bits per heavy atom. The molecule has 1 rings (SSSR count). The Hall–Kier alpha value is -0.860. The molecule has 0 spiro atoms. The zero-order valence-electron chi connectivity index (χ0n) is 12.9. The number of ether oxygens (including phenoxy) is 1. The van der Waals surface area contributed by atoms with Crippen molar-refractivity contribution in [3.05, 3.63) is 35.4 Å². The molecule has 0 aromatic heterocycles. The van der Waals surface area contributed by atoms with Crippen LogP contribution in [0.15, 0.2) is 24.3 Å². The fraction of sp³-hybridized carbons (Fsp3) is 0.647. The molecule has 1 aromatic carbocycles. The molecule has 19 heavy (non-hydrogen) atoms. The molecule has 0 fully saturated rings. The number of hydrogen-bond donors (Lipinski definition) is 1. The molecule has 1 atom stereocenters. The molecule has 0 heterocycles. The maximum Gasteiger partial charge on any atom is 0.0664 e. The largest absolute Gasteiger partial charge is 0.377 e. The molecule has 1 unspecified atom stereocenters. The van der Waals surface area contributed by atoms with Gasteiger partial charge in [-0.3, -0.25) is 0 Å². The fourth-order valence-electron chi connectivity index (χ4n) is 2.09. The van der Waals surface area contributed by atoms with Gasteiger partial charge in [0, 0.05) is 0 Å². The summed E-state index contributed by atoms with van der Waals surface area (Å²) in [6.45, 7) is 10.4. The summed E-state index contributed by atoms with van der Waals surface area (Å²) in [4.78, 5) is 0. The van der Waals surface area contributed by atoms with Crippen LogP contribution in [0.2, 0.25) is 0 Å². The van der Waals surface area contributed by atoms with E-state index in [1.54, 1.807) is 0 Å². The lowest BCUT2D eigenvalue weighted by molar-refractivity contribution is 0.0611. The van der Waals surface area contributed by atoms with Gasteiger partial charge in [0.05, 0.1) is 18.8 Å². The average molecular weight is 263 g/mol. The lowest BCUT2D eigenvalue weighted by Crippen LogP contribution is -2.27. The highest BCUT2D eigenvalue weighted by Gasteiger charge is 2.11.